The summed E-state index contributed by atoms with van der Waals surface area (Å²) in [5.74, 6) is -0.283. The largest absolute Gasteiger partial charge is 0.354 e. The summed E-state index contributed by atoms with van der Waals surface area (Å²) in [6.45, 7) is 4.13. The van der Waals surface area contributed by atoms with Gasteiger partial charge < -0.3 is 5.32 Å². The highest BCUT2D eigenvalue weighted by atomic mass is 19.1. The van der Waals surface area contributed by atoms with Gasteiger partial charge in [0.1, 0.15) is 17.3 Å². The Hall–Kier alpha value is -3.61. The van der Waals surface area contributed by atoms with Gasteiger partial charge in [-0.3, -0.25) is 19.5 Å². The highest BCUT2D eigenvalue weighted by molar-refractivity contribution is 6.08. The first kappa shape index (κ1) is 20.7. The number of nitrogens with one attached hydrogen (secondary N) is 1. The van der Waals surface area contributed by atoms with Crippen molar-refractivity contribution in [1.29, 1.82) is 0 Å². The van der Waals surface area contributed by atoms with Crippen molar-refractivity contribution in [3.05, 3.63) is 87.6 Å². The van der Waals surface area contributed by atoms with Crippen LogP contribution in [0.2, 0.25) is 0 Å². The molecule has 1 N–H and O–H groups in total. The molecule has 4 rings (SSSR count). The predicted octanol–water partition coefficient (Wildman–Crippen LogP) is 3.39. The molecule has 1 aliphatic heterocycles. The fourth-order valence-electron chi connectivity index (χ4n) is 3.80. The second-order valence-electron chi connectivity index (χ2n) is 7.69. The second kappa shape index (κ2) is 8.26. The van der Waals surface area contributed by atoms with Crippen LogP contribution in [0.1, 0.15) is 48.8 Å². The number of aryl methyl sites for hydroxylation is 2. The Balaban J connectivity index is 1.62. The molecular weight excluding hydrogens is 395 g/mol. The number of carbonyl (C=O) groups excluding carboxylic acids is 2. The van der Waals surface area contributed by atoms with E-state index < -0.39 is 0 Å². The maximum Gasteiger partial charge on any atom is 0.269 e. The Bertz CT molecular complexity index is 1170. The third-order valence-corrected chi connectivity index (χ3v) is 5.60. The molecule has 1 aliphatic rings. The van der Waals surface area contributed by atoms with Gasteiger partial charge in [-0.05, 0) is 73.2 Å². The summed E-state index contributed by atoms with van der Waals surface area (Å²) in [5, 5.41) is 2.55. The van der Waals surface area contributed by atoms with Crippen LogP contribution < -0.4 is 10.2 Å². The van der Waals surface area contributed by atoms with Crippen molar-refractivity contribution < 1.29 is 14.0 Å². The van der Waals surface area contributed by atoms with Crippen LogP contribution >= 0.6 is 0 Å². The molecule has 0 atom stereocenters. The fraction of sp³-hybridized carbons (Fsp3) is 0.250. The Morgan fingerprint density at radius 2 is 2.00 bits per heavy atom. The minimum Gasteiger partial charge on any atom is -0.354 e. The molecule has 7 heteroatoms. The number of benzene rings is 1. The molecule has 6 nitrogen and oxygen atoms in total. The van der Waals surface area contributed by atoms with E-state index in [1.165, 1.54) is 6.07 Å². The second-order valence-corrected chi connectivity index (χ2v) is 7.69. The number of carbonyl (C=O) groups is 2. The zero-order chi connectivity index (χ0) is 22.1. The van der Waals surface area contributed by atoms with Gasteiger partial charge in [-0.15, -0.1) is 0 Å². The smallest absolute Gasteiger partial charge is 0.269 e. The van der Waals surface area contributed by atoms with Gasteiger partial charge in [-0.1, -0.05) is 12.1 Å². The predicted molar refractivity (Wildman–Crippen MR) is 116 cm³/mol. The summed E-state index contributed by atoms with van der Waals surface area (Å²) in [5.41, 5.74) is 5.36. The summed E-state index contributed by atoms with van der Waals surface area (Å²) < 4.78 is 13.6. The van der Waals surface area contributed by atoms with Crippen LogP contribution in [0.25, 0.3) is 0 Å². The van der Waals surface area contributed by atoms with Gasteiger partial charge in [0.25, 0.3) is 11.8 Å². The maximum absolute atomic E-state index is 13.6. The monoisotopic (exact) mass is 418 g/mol. The van der Waals surface area contributed by atoms with Gasteiger partial charge in [0.05, 0.1) is 5.69 Å². The van der Waals surface area contributed by atoms with Crippen molar-refractivity contribution in [2.75, 3.05) is 18.5 Å². The van der Waals surface area contributed by atoms with E-state index in [2.05, 4.69) is 21.4 Å². The van der Waals surface area contributed by atoms with E-state index in [0.29, 0.717) is 36.5 Å². The molecule has 158 valence electrons. The SMILES string of the molecule is CNC(=O)c1ccc(Cc2cc3c(cc2C)CCN(c2ccc(F)c(C)n2)C3=O)cn1. The van der Waals surface area contributed by atoms with E-state index in [-0.39, 0.29) is 23.3 Å². The molecule has 0 spiro atoms. The zero-order valence-electron chi connectivity index (χ0n) is 17.7. The van der Waals surface area contributed by atoms with Crippen LogP contribution in [0.3, 0.4) is 0 Å². The number of anilines is 1. The Kier molecular flexibility index (Phi) is 5.50. The number of rotatable bonds is 4. The fourth-order valence-corrected chi connectivity index (χ4v) is 3.80. The van der Waals surface area contributed by atoms with Gasteiger partial charge in [0.2, 0.25) is 0 Å². The summed E-state index contributed by atoms with van der Waals surface area (Å²) in [6.07, 6.45) is 2.99. The molecule has 3 aromatic rings. The molecule has 0 bridgehead atoms. The Morgan fingerprint density at radius 3 is 2.68 bits per heavy atom. The van der Waals surface area contributed by atoms with Crippen molar-refractivity contribution >= 4 is 17.6 Å². The van der Waals surface area contributed by atoms with Gasteiger partial charge in [-0.2, -0.15) is 0 Å². The first-order valence-electron chi connectivity index (χ1n) is 10.1. The Morgan fingerprint density at radius 1 is 1.19 bits per heavy atom. The number of pyridine rings is 2. The van der Waals surface area contributed by atoms with Crippen LogP contribution in [0.5, 0.6) is 0 Å². The molecule has 0 aliphatic carbocycles. The van der Waals surface area contributed by atoms with Gasteiger partial charge in [0, 0.05) is 25.4 Å². The highest BCUT2D eigenvalue weighted by Gasteiger charge is 2.27. The first-order chi connectivity index (χ1) is 14.9. The first-order valence-corrected chi connectivity index (χ1v) is 10.1. The average molecular weight is 418 g/mol. The molecule has 31 heavy (non-hydrogen) atoms. The van der Waals surface area contributed by atoms with Crippen molar-refractivity contribution in [3.63, 3.8) is 0 Å². The minimum atomic E-state index is -0.387. The number of fused-ring (bicyclic) bond motifs is 1. The highest BCUT2D eigenvalue weighted by Crippen LogP contribution is 2.27. The summed E-state index contributed by atoms with van der Waals surface area (Å²) in [4.78, 5) is 35.0. The number of nitrogens with zero attached hydrogens (tertiary/aromatic N) is 3. The van der Waals surface area contributed by atoms with Crippen molar-refractivity contribution in [3.8, 4) is 0 Å². The van der Waals surface area contributed by atoms with Crippen LogP contribution in [0.4, 0.5) is 10.2 Å². The molecular formula is C24H23FN4O2. The van der Waals surface area contributed by atoms with Crippen LogP contribution in [0, 0.1) is 19.7 Å². The molecule has 2 aromatic heterocycles. The van der Waals surface area contributed by atoms with Gasteiger partial charge in [-0.25, -0.2) is 9.37 Å². The lowest BCUT2D eigenvalue weighted by atomic mass is 9.91. The van der Waals surface area contributed by atoms with E-state index in [1.54, 1.807) is 37.2 Å². The van der Waals surface area contributed by atoms with Gasteiger partial charge in [0.15, 0.2) is 0 Å². The van der Waals surface area contributed by atoms with Crippen molar-refractivity contribution in [2.45, 2.75) is 26.7 Å². The molecule has 3 heterocycles. The molecule has 0 saturated heterocycles. The van der Waals surface area contributed by atoms with Crippen molar-refractivity contribution in [1.82, 2.24) is 15.3 Å². The van der Waals surface area contributed by atoms with E-state index in [0.717, 1.165) is 22.3 Å². The lowest BCUT2D eigenvalue weighted by molar-refractivity contribution is 0.0955. The number of hydrogen-bond acceptors (Lipinski definition) is 4. The van der Waals surface area contributed by atoms with E-state index in [4.69, 9.17) is 0 Å². The number of amides is 2. The Labute approximate surface area is 180 Å². The third kappa shape index (κ3) is 4.03. The van der Waals surface area contributed by atoms with Crippen LogP contribution in [0.15, 0.2) is 42.6 Å². The van der Waals surface area contributed by atoms with E-state index in [9.17, 15) is 14.0 Å². The summed E-state index contributed by atoms with van der Waals surface area (Å²) in [6, 6.07) is 10.4. The lowest BCUT2D eigenvalue weighted by Crippen LogP contribution is -2.38. The quantitative estimate of drug-likeness (QED) is 0.705. The molecule has 0 saturated carbocycles. The standard InChI is InChI=1S/C24H23FN4O2/c1-14-10-17-8-9-29(22-7-5-20(25)15(2)28-22)24(31)19(17)12-18(14)11-16-4-6-21(27-13-16)23(30)26-3/h4-7,10,12-13H,8-9,11H2,1-3H3,(H,26,30). The summed E-state index contributed by atoms with van der Waals surface area (Å²) in [7, 11) is 1.57. The zero-order valence-corrected chi connectivity index (χ0v) is 17.7. The minimum absolute atomic E-state index is 0.130. The lowest BCUT2D eigenvalue weighted by Gasteiger charge is -2.29. The molecule has 0 unspecified atom stereocenters. The molecule has 1 aromatic carbocycles. The number of halogens is 1. The molecule has 2 amide bonds. The normalized spacial score (nSPS) is 13.2. The van der Waals surface area contributed by atoms with Gasteiger partial charge >= 0.3 is 0 Å². The van der Waals surface area contributed by atoms with Crippen LogP contribution in [-0.2, 0) is 12.8 Å². The van der Waals surface area contributed by atoms with Crippen molar-refractivity contribution in [2.24, 2.45) is 0 Å². The number of aromatic nitrogens is 2. The van der Waals surface area contributed by atoms with E-state index >= 15 is 0 Å². The third-order valence-electron chi connectivity index (χ3n) is 5.60. The van der Waals surface area contributed by atoms with Crippen LogP contribution in [-0.4, -0.2) is 35.4 Å². The number of hydrogen-bond donors (Lipinski definition) is 1. The molecule has 0 radical (unpaired) electrons. The average Bonchev–Trinajstić information content (AvgIpc) is 2.77. The maximum atomic E-state index is 13.6. The summed E-state index contributed by atoms with van der Waals surface area (Å²) >= 11 is 0. The van der Waals surface area contributed by atoms with E-state index in [1.807, 2.05) is 19.1 Å². The topological polar surface area (TPSA) is 75.2 Å². The molecule has 0 fully saturated rings.